The third-order valence-electron chi connectivity index (χ3n) is 5.43. The maximum absolute atomic E-state index is 13.3. The summed E-state index contributed by atoms with van der Waals surface area (Å²) in [5.41, 5.74) is 0.257. The summed E-state index contributed by atoms with van der Waals surface area (Å²) >= 11 is 1.18. The number of aromatic nitrogens is 1. The van der Waals surface area contributed by atoms with E-state index in [9.17, 15) is 18.8 Å². The molecule has 34 heavy (non-hydrogen) atoms. The predicted octanol–water partition coefficient (Wildman–Crippen LogP) is 3.37. The van der Waals surface area contributed by atoms with Gasteiger partial charge in [0.15, 0.2) is 5.13 Å². The first kappa shape index (κ1) is 23.2. The number of rotatable bonds is 7. The van der Waals surface area contributed by atoms with E-state index in [0.717, 1.165) is 4.90 Å². The Morgan fingerprint density at radius 3 is 2.59 bits per heavy atom. The minimum Gasteiger partial charge on any atom is -0.497 e. The summed E-state index contributed by atoms with van der Waals surface area (Å²) in [6, 6.07) is 9.80. The fourth-order valence-corrected chi connectivity index (χ4v) is 4.32. The highest BCUT2D eigenvalue weighted by Gasteiger charge is 2.49. The van der Waals surface area contributed by atoms with Crippen molar-refractivity contribution < 1.29 is 28.2 Å². The van der Waals surface area contributed by atoms with Gasteiger partial charge in [0, 0.05) is 10.9 Å². The first-order valence-corrected chi connectivity index (χ1v) is 11.0. The lowest BCUT2D eigenvalue weighted by Crippen LogP contribution is -2.42. The molecule has 1 fully saturated rings. The Bertz CT molecular complexity index is 1260. The van der Waals surface area contributed by atoms with Crippen LogP contribution in [0.4, 0.5) is 14.3 Å². The standard InChI is InChI=1S/C23H21FN4O5S/c1-23(13-4-6-14(24)7-5-13)20(30)28(22(31)27-23)11-19(29)26-21-25-17(12-34-21)16-10-15(32-2)8-9-18(16)33-3/h4-10,12H,11H2,1-3H3,(H,27,31)(H,25,26,29). The van der Waals surface area contributed by atoms with E-state index >= 15 is 0 Å². The molecule has 1 aliphatic rings. The second kappa shape index (κ2) is 9.10. The van der Waals surface area contributed by atoms with Crippen molar-refractivity contribution in [3.63, 3.8) is 0 Å². The summed E-state index contributed by atoms with van der Waals surface area (Å²) in [4.78, 5) is 43.3. The number of carbonyl (C=O) groups excluding carboxylic acids is 3. The summed E-state index contributed by atoms with van der Waals surface area (Å²) < 4.78 is 23.9. The van der Waals surface area contributed by atoms with Crippen LogP contribution in [0.15, 0.2) is 47.8 Å². The number of halogens is 1. The molecule has 2 N–H and O–H groups in total. The van der Waals surface area contributed by atoms with Crippen LogP contribution in [0.2, 0.25) is 0 Å². The Labute approximate surface area is 198 Å². The first-order chi connectivity index (χ1) is 16.2. The lowest BCUT2D eigenvalue weighted by atomic mass is 9.92. The molecule has 3 aromatic rings. The molecule has 1 aliphatic heterocycles. The number of carbonyl (C=O) groups is 3. The number of ether oxygens (including phenoxy) is 2. The molecule has 1 unspecified atom stereocenters. The molecule has 1 saturated heterocycles. The zero-order valence-electron chi connectivity index (χ0n) is 18.5. The highest BCUT2D eigenvalue weighted by atomic mass is 32.1. The number of hydrogen-bond acceptors (Lipinski definition) is 7. The Morgan fingerprint density at radius 2 is 1.91 bits per heavy atom. The molecule has 0 spiro atoms. The molecule has 1 atom stereocenters. The lowest BCUT2D eigenvalue weighted by molar-refractivity contribution is -0.133. The van der Waals surface area contributed by atoms with Crippen LogP contribution in [-0.4, -0.2) is 48.5 Å². The molecule has 4 amide bonds. The van der Waals surface area contributed by atoms with Gasteiger partial charge in [-0.1, -0.05) is 12.1 Å². The fourth-order valence-electron chi connectivity index (χ4n) is 3.59. The molecule has 1 aromatic heterocycles. The predicted molar refractivity (Wildman–Crippen MR) is 123 cm³/mol. The molecule has 0 aliphatic carbocycles. The quantitative estimate of drug-likeness (QED) is 0.498. The van der Waals surface area contributed by atoms with Gasteiger partial charge in [-0.2, -0.15) is 0 Å². The third kappa shape index (κ3) is 4.29. The second-order valence-corrected chi connectivity index (χ2v) is 8.46. The monoisotopic (exact) mass is 484 g/mol. The number of nitrogens with zero attached hydrogens (tertiary/aromatic N) is 2. The Hall–Kier alpha value is -3.99. The molecule has 0 bridgehead atoms. The summed E-state index contributed by atoms with van der Waals surface area (Å²) in [7, 11) is 3.09. The van der Waals surface area contributed by atoms with Gasteiger partial charge in [-0.25, -0.2) is 14.2 Å². The van der Waals surface area contributed by atoms with Gasteiger partial charge in [-0.05, 0) is 42.8 Å². The van der Waals surface area contributed by atoms with Crippen molar-refractivity contribution in [3.8, 4) is 22.8 Å². The highest BCUT2D eigenvalue weighted by Crippen LogP contribution is 2.35. The van der Waals surface area contributed by atoms with Gasteiger partial charge < -0.3 is 20.1 Å². The number of benzene rings is 2. The molecule has 9 nitrogen and oxygen atoms in total. The van der Waals surface area contributed by atoms with Crippen LogP contribution >= 0.6 is 11.3 Å². The smallest absolute Gasteiger partial charge is 0.325 e. The zero-order valence-corrected chi connectivity index (χ0v) is 19.4. The van der Waals surface area contributed by atoms with Gasteiger partial charge in [-0.3, -0.25) is 14.5 Å². The summed E-state index contributed by atoms with van der Waals surface area (Å²) in [6.07, 6.45) is 0. The van der Waals surface area contributed by atoms with Gasteiger partial charge in [0.1, 0.15) is 29.4 Å². The van der Waals surface area contributed by atoms with Crippen molar-refractivity contribution in [2.75, 3.05) is 26.1 Å². The van der Waals surface area contributed by atoms with Crippen LogP contribution in [0.5, 0.6) is 11.5 Å². The van der Waals surface area contributed by atoms with Crippen LogP contribution in [-0.2, 0) is 15.1 Å². The van der Waals surface area contributed by atoms with Crippen molar-refractivity contribution in [3.05, 3.63) is 59.2 Å². The Morgan fingerprint density at radius 1 is 1.18 bits per heavy atom. The lowest BCUT2D eigenvalue weighted by Gasteiger charge is -2.22. The number of methoxy groups -OCH3 is 2. The topological polar surface area (TPSA) is 110 Å². The molecule has 4 rings (SSSR count). The van der Waals surface area contributed by atoms with E-state index in [1.807, 2.05) is 0 Å². The Balaban J connectivity index is 1.47. The number of imide groups is 1. The normalized spacial score (nSPS) is 17.5. The maximum atomic E-state index is 13.3. The Kier molecular flexibility index (Phi) is 6.20. The number of hydrogen-bond donors (Lipinski definition) is 2. The molecule has 176 valence electrons. The average molecular weight is 485 g/mol. The van der Waals surface area contributed by atoms with E-state index < -0.39 is 35.7 Å². The van der Waals surface area contributed by atoms with Gasteiger partial charge >= 0.3 is 6.03 Å². The van der Waals surface area contributed by atoms with Gasteiger partial charge in [0.25, 0.3) is 5.91 Å². The zero-order chi connectivity index (χ0) is 24.5. The van der Waals surface area contributed by atoms with Crippen LogP contribution < -0.4 is 20.1 Å². The minimum absolute atomic E-state index is 0.290. The summed E-state index contributed by atoms with van der Waals surface area (Å²) in [5.74, 6) is -0.458. The molecule has 0 radical (unpaired) electrons. The molecule has 11 heteroatoms. The van der Waals surface area contributed by atoms with Crippen LogP contribution in [0.1, 0.15) is 12.5 Å². The van der Waals surface area contributed by atoms with Crippen molar-refractivity contribution >= 4 is 34.3 Å². The average Bonchev–Trinajstić information content (AvgIpc) is 3.37. The van der Waals surface area contributed by atoms with Gasteiger partial charge in [0.2, 0.25) is 5.91 Å². The number of anilines is 1. The maximum Gasteiger partial charge on any atom is 0.325 e. The van der Waals surface area contributed by atoms with Crippen molar-refractivity contribution in [2.45, 2.75) is 12.5 Å². The largest absolute Gasteiger partial charge is 0.497 e. The van der Waals surface area contributed by atoms with Crippen molar-refractivity contribution in [2.24, 2.45) is 0 Å². The number of amides is 4. The summed E-state index contributed by atoms with van der Waals surface area (Å²) in [6.45, 7) is 1.01. The van der Waals surface area contributed by atoms with Crippen LogP contribution in [0.25, 0.3) is 11.3 Å². The van der Waals surface area contributed by atoms with E-state index in [0.29, 0.717) is 33.5 Å². The SMILES string of the molecule is COc1ccc(OC)c(-c2csc(NC(=O)CN3C(=O)NC(C)(c4ccc(F)cc4)C3=O)n2)c1. The van der Waals surface area contributed by atoms with Crippen LogP contribution in [0, 0.1) is 5.82 Å². The molecular weight excluding hydrogens is 463 g/mol. The van der Waals surface area contributed by atoms with E-state index in [-0.39, 0.29) is 0 Å². The van der Waals surface area contributed by atoms with Crippen LogP contribution in [0.3, 0.4) is 0 Å². The van der Waals surface area contributed by atoms with Gasteiger partial charge in [0.05, 0.1) is 19.9 Å². The number of urea groups is 1. The van der Waals surface area contributed by atoms with Crippen molar-refractivity contribution in [1.29, 1.82) is 0 Å². The molecule has 0 saturated carbocycles. The van der Waals surface area contributed by atoms with Gasteiger partial charge in [-0.15, -0.1) is 11.3 Å². The van der Waals surface area contributed by atoms with E-state index in [4.69, 9.17) is 9.47 Å². The fraction of sp³-hybridized carbons (Fsp3) is 0.217. The number of nitrogens with one attached hydrogen (secondary N) is 2. The van der Waals surface area contributed by atoms with E-state index in [1.165, 1.54) is 49.6 Å². The highest BCUT2D eigenvalue weighted by molar-refractivity contribution is 7.14. The second-order valence-electron chi connectivity index (χ2n) is 7.61. The van der Waals surface area contributed by atoms with E-state index in [1.54, 1.807) is 30.7 Å². The first-order valence-electron chi connectivity index (χ1n) is 10.1. The third-order valence-corrected chi connectivity index (χ3v) is 6.19. The summed E-state index contributed by atoms with van der Waals surface area (Å²) in [5, 5.41) is 7.23. The number of thiazole rings is 1. The van der Waals surface area contributed by atoms with E-state index in [2.05, 4.69) is 15.6 Å². The molecular formula is C23H21FN4O5S. The molecule has 2 aromatic carbocycles. The van der Waals surface area contributed by atoms with Crippen molar-refractivity contribution in [1.82, 2.24) is 15.2 Å². The molecule has 2 heterocycles. The minimum atomic E-state index is -1.40.